The number of rotatable bonds is 4. The van der Waals surface area contributed by atoms with E-state index in [2.05, 4.69) is 17.6 Å². The quantitative estimate of drug-likeness (QED) is 0.629. The Labute approximate surface area is 91.4 Å². The molecular formula is C11H22N2O2. The van der Waals surface area contributed by atoms with Crippen molar-refractivity contribution in [1.82, 2.24) is 10.6 Å². The van der Waals surface area contributed by atoms with E-state index in [4.69, 9.17) is 5.11 Å². The third-order valence-electron chi connectivity index (χ3n) is 3.37. The summed E-state index contributed by atoms with van der Waals surface area (Å²) in [5.74, 6) is 0.105. The lowest BCUT2D eigenvalue weighted by atomic mass is 9.75. The third-order valence-corrected chi connectivity index (χ3v) is 3.37. The van der Waals surface area contributed by atoms with Gasteiger partial charge in [0.2, 0.25) is 5.91 Å². The zero-order valence-corrected chi connectivity index (χ0v) is 9.68. The van der Waals surface area contributed by atoms with Crippen molar-refractivity contribution in [3.8, 4) is 0 Å². The molecule has 0 aromatic heterocycles. The highest BCUT2D eigenvalue weighted by atomic mass is 16.3. The van der Waals surface area contributed by atoms with Gasteiger partial charge >= 0.3 is 0 Å². The molecule has 4 heteroatoms. The number of hydrogen-bond acceptors (Lipinski definition) is 3. The largest absolute Gasteiger partial charge is 0.394 e. The highest BCUT2D eigenvalue weighted by Gasteiger charge is 2.37. The zero-order chi connectivity index (χ0) is 11.3. The maximum absolute atomic E-state index is 12.1. The number of carbonyl (C=O) groups excluding carboxylic acids is 1. The third kappa shape index (κ3) is 2.92. The summed E-state index contributed by atoms with van der Waals surface area (Å²) in [6, 6.07) is -0.143. The fraction of sp³-hybridized carbons (Fsp3) is 0.909. The van der Waals surface area contributed by atoms with Gasteiger partial charge in [0.1, 0.15) is 0 Å². The van der Waals surface area contributed by atoms with Crippen molar-refractivity contribution in [3.63, 3.8) is 0 Å². The van der Waals surface area contributed by atoms with Crippen LogP contribution in [0.25, 0.3) is 0 Å². The molecule has 0 bridgehead atoms. The molecule has 1 fully saturated rings. The fourth-order valence-electron chi connectivity index (χ4n) is 2.07. The standard InChI is InChI=1S/C11H22N2O2/c1-3-11(4-6-12-7-5-11)10(15)13-9(2)8-14/h9,12,14H,3-8H2,1-2H3,(H,13,15). The van der Waals surface area contributed by atoms with Crippen molar-refractivity contribution in [2.24, 2.45) is 5.41 Å². The predicted molar refractivity (Wildman–Crippen MR) is 59.5 cm³/mol. The number of amides is 1. The Kier molecular flexibility index (Phi) is 4.54. The maximum atomic E-state index is 12.1. The second kappa shape index (κ2) is 5.47. The minimum Gasteiger partial charge on any atom is -0.394 e. The highest BCUT2D eigenvalue weighted by Crippen LogP contribution is 2.32. The number of hydrogen-bond donors (Lipinski definition) is 3. The monoisotopic (exact) mass is 214 g/mol. The molecule has 0 aromatic carbocycles. The Morgan fingerprint density at radius 1 is 1.53 bits per heavy atom. The smallest absolute Gasteiger partial charge is 0.226 e. The van der Waals surface area contributed by atoms with E-state index in [1.54, 1.807) is 0 Å². The van der Waals surface area contributed by atoms with E-state index in [1.165, 1.54) is 0 Å². The average Bonchev–Trinajstić information content (AvgIpc) is 2.29. The fourth-order valence-corrected chi connectivity index (χ4v) is 2.07. The molecule has 1 amide bonds. The van der Waals surface area contributed by atoms with E-state index in [-0.39, 0.29) is 24.0 Å². The normalized spacial score (nSPS) is 22.1. The van der Waals surface area contributed by atoms with Gasteiger partial charge in [-0.1, -0.05) is 6.92 Å². The molecule has 1 heterocycles. The van der Waals surface area contributed by atoms with Gasteiger partial charge in [-0.05, 0) is 39.3 Å². The summed E-state index contributed by atoms with van der Waals surface area (Å²) in [6.45, 7) is 5.71. The van der Waals surface area contributed by atoms with E-state index < -0.39 is 0 Å². The molecular weight excluding hydrogens is 192 g/mol. The lowest BCUT2D eigenvalue weighted by Gasteiger charge is -2.36. The van der Waals surface area contributed by atoms with Crippen molar-refractivity contribution in [2.75, 3.05) is 19.7 Å². The van der Waals surface area contributed by atoms with Crippen LogP contribution in [-0.2, 0) is 4.79 Å². The highest BCUT2D eigenvalue weighted by molar-refractivity contribution is 5.83. The lowest BCUT2D eigenvalue weighted by molar-refractivity contribution is -0.133. The Morgan fingerprint density at radius 2 is 2.13 bits per heavy atom. The molecule has 15 heavy (non-hydrogen) atoms. The Morgan fingerprint density at radius 3 is 2.60 bits per heavy atom. The van der Waals surface area contributed by atoms with Crippen LogP contribution in [0, 0.1) is 5.41 Å². The molecule has 1 aliphatic rings. The van der Waals surface area contributed by atoms with Crippen molar-refractivity contribution < 1.29 is 9.90 Å². The van der Waals surface area contributed by atoms with E-state index in [0.29, 0.717) is 0 Å². The van der Waals surface area contributed by atoms with Gasteiger partial charge in [-0.25, -0.2) is 0 Å². The van der Waals surface area contributed by atoms with Gasteiger partial charge in [0.15, 0.2) is 0 Å². The minimum atomic E-state index is -0.214. The van der Waals surface area contributed by atoms with Crippen LogP contribution in [0.3, 0.4) is 0 Å². The molecule has 1 unspecified atom stereocenters. The summed E-state index contributed by atoms with van der Waals surface area (Å²) in [5, 5.41) is 15.1. The number of aliphatic hydroxyl groups excluding tert-OH is 1. The topological polar surface area (TPSA) is 61.4 Å². The molecule has 88 valence electrons. The number of piperidine rings is 1. The SMILES string of the molecule is CCC1(C(=O)NC(C)CO)CCNCC1. The summed E-state index contributed by atoms with van der Waals surface area (Å²) in [5.41, 5.74) is -0.214. The molecule has 0 aliphatic carbocycles. The van der Waals surface area contributed by atoms with Crippen LogP contribution < -0.4 is 10.6 Å². The van der Waals surface area contributed by atoms with E-state index >= 15 is 0 Å². The molecule has 0 aromatic rings. The number of aliphatic hydroxyl groups is 1. The molecule has 0 spiro atoms. The first kappa shape index (κ1) is 12.5. The molecule has 0 radical (unpaired) electrons. The van der Waals surface area contributed by atoms with E-state index in [0.717, 1.165) is 32.4 Å². The zero-order valence-electron chi connectivity index (χ0n) is 9.68. The molecule has 1 aliphatic heterocycles. The Hall–Kier alpha value is -0.610. The second-order valence-electron chi connectivity index (χ2n) is 4.44. The molecule has 1 saturated heterocycles. The van der Waals surface area contributed by atoms with Crippen LogP contribution in [0.15, 0.2) is 0 Å². The summed E-state index contributed by atoms with van der Waals surface area (Å²) in [6.07, 6.45) is 2.67. The van der Waals surface area contributed by atoms with Gasteiger partial charge in [0.25, 0.3) is 0 Å². The van der Waals surface area contributed by atoms with E-state index in [1.807, 2.05) is 6.92 Å². The Bertz CT molecular complexity index is 213. The maximum Gasteiger partial charge on any atom is 0.226 e. The van der Waals surface area contributed by atoms with Crippen molar-refractivity contribution in [1.29, 1.82) is 0 Å². The van der Waals surface area contributed by atoms with Crippen molar-refractivity contribution >= 4 is 5.91 Å². The van der Waals surface area contributed by atoms with Crippen LogP contribution in [0.2, 0.25) is 0 Å². The summed E-state index contributed by atoms with van der Waals surface area (Å²) < 4.78 is 0. The first-order chi connectivity index (χ1) is 7.14. The van der Waals surface area contributed by atoms with Crippen LogP contribution in [-0.4, -0.2) is 36.8 Å². The summed E-state index contributed by atoms with van der Waals surface area (Å²) >= 11 is 0. The lowest BCUT2D eigenvalue weighted by Crippen LogP contribution is -2.50. The van der Waals surface area contributed by atoms with Crippen LogP contribution >= 0.6 is 0 Å². The van der Waals surface area contributed by atoms with Crippen LogP contribution in [0.4, 0.5) is 0 Å². The van der Waals surface area contributed by atoms with Gasteiger partial charge in [-0.15, -0.1) is 0 Å². The number of nitrogens with one attached hydrogen (secondary N) is 2. The average molecular weight is 214 g/mol. The molecule has 0 saturated carbocycles. The van der Waals surface area contributed by atoms with Crippen LogP contribution in [0.5, 0.6) is 0 Å². The molecule has 1 atom stereocenters. The number of carbonyl (C=O) groups is 1. The van der Waals surface area contributed by atoms with Gasteiger partial charge in [0.05, 0.1) is 12.0 Å². The molecule has 4 nitrogen and oxygen atoms in total. The first-order valence-corrected chi connectivity index (χ1v) is 5.77. The molecule has 1 rings (SSSR count). The Balaban J connectivity index is 2.59. The summed E-state index contributed by atoms with van der Waals surface area (Å²) in [7, 11) is 0. The van der Waals surface area contributed by atoms with Crippen molar-refractivity contribution in [2.45, 2.75) is 39.2 Å². The summed E-state index contributed by atoms with van der Waals surface area (Å²) in [4.78, 5) is 12.1. The van der Waals surface area contributed by atoms with Gasteiger partial charge in [-0.2, -0.15) is 0 Å². The second-order valence-corrected chi connectivity index (χ2v) is 4.44. The van der Waals surface area contributed by atoms with Crippen LogP contribution in [0.1, 0.15) is 33.1 Å². The van der Waals surface area contributed by atoms with E-state index in [9.17, 15) is 4.79 Å². The first-order valence-electron chi connectivity index (χ1n) is 5.77. The van der Waals surface area contributed by atoms with Crippen molar-refractivity contribution in [3.05, 3.63) is 0 Å². The van der Waals surface area contributed by atoms with Gasteiger partial charge in [-0.3, -0.25) is 4.79 Å². The predicted octanol–water partition coefficient (Wildman–Crippen LogP) is 0.263. The van der Waals surface area contributed by atoms with Gasteiger partial charge < -0.3 is 15.7 Å². The molecule has 3 N–H and O–H groups in total. The minimum absolute atomic E-state index is 0.00375. The van der Waals surface area contributed by atoms with Gasteiger partial charge in [0, 0.05) is 6.04 Å².